The Bertz CT molecular complexity index is 679. The zero-order valence-electron chi connectivity index (χ0n) is 12.5. The Balaban J connectivity index is 1.71. The highest BCUT2D eigenvalue weighted by molar-refractivity contribution is 6.31. The van der Waals surface area contributed by atoms with Crippen molar-refractivity contribution in [2.75, 3.05) is 13.1 Å². The average molecular weight is 362 g/mol. The van der Waals surface area contributed by atoms with E-state index in [4.69, 9.17) is 16.7 Å². The van der Waals surface area contributed by atoms with Gasteiger partial charge in [-0.25, -0.2) is 0 Å². The minimum atomic E-state index is -4.64. The third kappa shape index (κ3) is 3.09. The number of hydrogen-bond acceptors (Lipinski definition) is 2. The number of aliphatic carboxylic acids is 1. The van der Waals surface area contributed by atoms with Crippen LogP contribution in [0.4, 0.5) is 13.2 Å². The third-order valence-corrected chi connectivity index (χ3v) is 5.13. The van der Waals surface area contributed by atoms with E-state index in [-0.39, 0.29) is 5.92 Å². The van der Waals surface area contributed by atoms with Gasteiger partial charge in [-0.15, -0.1) is 0 Å². The Morgan fingerprint density at radius 1 is 1.17 bits per heavy atom. The predicted molar refractivity (Wildman–Crippen MR) is 79.6 cm³/mol. The number of halogens is 4. The molecule has 1 amide bonds. The topological polar surface area (TPSA) is 57.6 Å². The van der Waals surface area contributed by atoms with Gasteiger partial charge in [0.15, 0.2) is 0 Å². The smallest absolute Gasteiger partial charge is 0.394 e. The number of likely N-dealkylation sites (tertiary alicyclic amines) is 1. The number of carbonyl (C=O) groups excluding carboxylic acids is 1. The van der Waals surface area contributed by atoms with Gasteiger partial charge in [0.1, 0.15) is 0 Å². The Morgan fingerprint density at radius 2 is 1.83 bits per heavy atom. The van der Waals surface area contributed by atoms with Crippen molar-refractivity contribution < 1.29 is 27.9 Å². The summed E-state index contributed by atoms with van der Waals surface area (Å²) < 4.78 is 39.0. The number of alkyl halides is 3. The number of rotatable bonds is 3. The molecule has 2 unspecified atom stereocenters. The summed E-state index contributed by atoms with van der Waals surface area (Å²) in [6.07, 6.45) is -4.11. The average Bonchev–Trinajstić information content (AvgIpc) is 3.13. The number of amides is 1. The number of carboxylic acids is 1. The molecule has 1 saturated heterocycles. The molecule has 130 valence electrons. The summed E-state index contributed by atoms with van der Waals surface area (Å²) in [5.74, 6) is -6.10. The number of benzene rings is 1. The standard InChI is InChI=1S/C16H15ClF3NO3/c17-13-4-2-1-3-8(13)9-5-10(9)14(22)21-6-11(15(23)24)12(7-21)16(18,19)20/h1-4,9-12H,5-7H2,(H,23,24)/t9?,10?,11-,12-/m1/s1. The fourth-order valence-electron chi connectivity index (χ4n) is 3.39. The molecule has 0 radical (unpaired) electrons. The van der Waals surface area contributed by atoms with E-state index in [1.165, 1.54) is 0 Å². The molecule has 0 spiro atoms. The first kappa shape index (κ1) is 17.1. The van der Waals surface area contributed by atoms with Crippen LogP contribution in [0.2, 0.25) is 5.02 Å². The number of carboxylic acid groups (broad SMARTS) is 1. The lowest BCUT2D eigenvalue weighted by Crippen LogP contribution is -2.34. The summed E-state index contributed by atoms with van der Waals surface area (Å²) in [6, 6.07) is 7.05. The number of hydrogen-bond donors (Lipinski definition) is 1. The van der Waals surface area contributed by atoms with E-state index in [1.807, 2.05) is 0 Å². The first-order valence-electron chi connectivity index (χ1n) is 7.53. The lowest BCUT2D eigenvalue weighted by atomic mass is 9.96. The van der Waals surface area contributed by atoms with E-state index in [0.29, 0.717) is 11.4 Å². The normalized spacial score (nSPS) is 29.6. The zero-order valence-corrected chi connectivity index (χ0v) is 13.2. The van der Waals surface area contributed by atoms with E-state index in [0.717, 1.165) is 10.5 Å². The second-order valence-electron chi connectivity index (χ2n) is 6.31. The second-order valence-corrected chi connectivity index (χ2v) is 6.71. The molecule has 1 aliphatic carbocycles. The van der Waals surface area contributed by atoms with E-state index in [1.54, 1.807) is 24.3 Å². The molecule has 8 heteroatoms. The SMILES string of the molecule is O=C(O)[C@@H]1CN(C(=O)C2CC2c2ccccc2Cl)C[C@H]1C(F)(F)F. The van der Waals surface area contributed by atoms with Crippen molar-refractivity contribution in [1.29, 1.82) is 0 Å². The van der Waals surface area contributed by atoms with Crippen molar-refractivity contribution in [2.24, 2.45) is 17.8 Å². The molecular formula is C16H15ClF3NO3. The van der Waals surface area contributed by atoms with E-state index in [9.17, 15) is 22.8 Å². The zero-order chi connectivity index (χ0) is 17.6. The Kier molecular flexibility index (Phi) is 4.23. The van der Waals surface area contributed by atoms with Gasteiger partial charge in [0, 0.05) is 24.0 Å². The van der Waals surface area contributed by atoms with Gasteiger partial charge in [-0.3, -0.25) is 9.59 Å². The largest absolute Gasteiger partial charge is 0.481 e. The molecule has 1 aliphatic heterocycles. The molecule has 3 rings (SSSR count). The van der Waals surface area contributed by atoms with Gasteiger partial charge in [-0.05, 0) is 24.0 Å². The first-order valence-corrected chi connectivity index (χ1v) is 7.90. The highest BCUT2D eigenvalue weighted by Gasteiger charge is 2.56. The van der Waals surface area contributed by atoms with Crippen molar-refractivity contribution in [1.82, 2.24) is 4.90 Å². The minimum Gasteiger partial charge on any atom is -0.481 e. The highest BCUT2D eigenvalue weighted by atomic mass is 35.5. The van der Waals surface area contributed by atoms with Crippen LogP contribution in [-0.4, -0.2) is 41.1 Å². The molecule has 24 heavy (non-hydrogen) atoms. The van der Waals surface area contributed by atoms with Gasteiger partial charge >= 0.3 is 12.1 Å². The Hall–Kier alpha value is -1.76. The van der Waals surface area contributed by atoms with Crippen molar-refractivity contribution in [3.8, 4) is 0 Å². The number of carbonyl (C=O) groups is 2. The van der Waals surface area contributed by atoms with Crippen LogP contribution in [0, 0.1) is 17.8 Å². The maximum Gasteiger partial charge on any atom is 0.394 e. The van der Waals surface area contributed by atoms with Gasteiger partial charge in [0.05, 0.1) is 11.8 Å². The summed E-state index contributed by atoms with van der Waals surface area (Å²) in [7, 11) is 0. The molecular weight excluding hydrogens is 347 g/mol. The van der Waals surface area contributed by atoms with Crippen LogP contribution in [-0.2, 0) is 9.59 Å². The van der Waals surface area contributed by atoms with Gasteiger partial charge in [-0.1, -0.05) is 29.8 Å². The van der Waals surface area contributed by atoms with Gasteiger partial charge in [0.2, 0.25) is 5.91 Å². The van der Waals surface area contributed by atoms with Gasteiger partial charge in [-0.2, -0.15) is 13.2 Å². The maximum atomic E-state index is 13.0. The molecule has 2 aliphatic rings. The molecule has 0 bridgehead atoms. The molecule has 4 nitrogen and oxygen atoms in total. The van der Waals surface area contributed by atoms with Crippen LogP contribution in [0.3, 0.4) is 0 Å². The first-order chi connectivity index (χ1) is 11.2. The summed E-state index contributed by atoms with van der Waals surface area (Å²) in [5.41, 5.74) is 0.805. The fourth-order valence-corrected chi connectivity index (χ4v) is 3.66. The minimum absolute atomic E-state index is 0.112. The quantitative estimate of drug-likeness (QED) is 0.899. The third-order valence-electron chi connectivity index (χ3n) is 4.78. The summed E-state index contributed by atoms with van der Waals surface area (Å²) in [4.78, 5) is 24.6. The van der Waals surface area contributed by atoms with Crippen molar-refractivity contribution in [3.63, 3.8) is 0 Å². The summed E-state index contributed by atoms with van der Waals surface area (Å²) in [6.45, 7) is -0.991. The van der Waals surface area contributed by atoms with Crippen LogP contribution in [0.25, 0.3) is 0 Å². The van der Waals surface area contributed by atoms with Crippen LogP contribution in [0.5, 0.6) is 0 Å². The van der Waals surface area contributed by atoms with Crippen LogP contribution < -0.4 is 0 Å². The molecule has 1 aromatic carbocycles. The highest BCUT2D eigenvalue weighted by Crippen LogP contribution is 2.51. The predicted octanol–water partition coefficient (Wildman–Crippen LogP) is 3.17. The molecule has 4 atom stereocenters. The van der Waals surface area contributed by atoms with Crippen LogP contribution >= 0.6 is 11.6 Å². The Labute approximate surface area is 141 Å². The van der Waals surface area contributed by atoms with Gasteiger partial charge < -0.3 is 10.0 Å². The van der Waals surface area contributed by atoms with Gasteiger partial charge in [0.25, 0.3) is 0 Å². The van der Waals surface area contributed by atoms with Crippen molar-refractivity contribution in [2.45, 2.75) is 18.5 Å². The van der Waals surface area contributed by atoms with E-state index >= 15 is 0 Å². The monoisotopic (exact) mass is 361 g/mol. The Morgan fingerprint density at radius 3 is 2.38 bits per heavy atom. The lowest BCUT2D eigenvalue weighted by molar-refractivity contribution is -0.188. The molecule has 1 saturated carbocycles. The molecule has 0 aromatic heterocycles. The van der Waals surface area contributed by atoms with E-state index < -0.39 is 48.9 Å². The van der Waals surface area contributed by atoms with Crippen molar-refractivity contribution in [3.05, 3.63) is 34.9 Å². The number of nitrogens with zero attached hydrogens (tertiary/aromatic N) is 1. The maximum absolute atomic E-state index is 13.0. The van der Waals surface area contributed by atoms with Crippen LogP contribution in [0.15, 0.2) is 24.3 Å². The second kappa shape index (κ2) is 5.95. The van der Waals surface area contributed by atoms with E-state index in [2.05, 4.69) is 0 Å². The molecule has 2 fully saturated rings. The molecule has 1 heterocycles. The van der Waals surface area contributed by atoms with Crippen molar-refractivity contribution >= 4 is 23.5 Å². The fraction of sp³-hybridized carbons (Fsp3) is 0.500. The lowest BCUT2D eigenvalue weighted by Gasteiger charge is -2.18. The molecule has 1 N–H and O–H groups in total. The van der Waals surface area contributed by atoms with Crippen LogP contribution in [0.1, 0.15) is 17.9 Å². The summed E-state index contributed by atoms with van der Waals surface area (Å²) in [5, 5.41) is 9.54. The molecule has 1 aromatic rings. The summed E-state index contributed by atoms with van der Waals surface area (Å²) >= 11 is 6.09.